The molecule has 0 radical (unpaired) electrons. The first-order valence-corrected chi connectivity index (χ1v) is 12.2. The summed E-state index contributed by atoms with van der Waals surface area (Å²) in [6.45, 7) is 3.92. The first-order chi connectivity index (χ1) is 11.7. The van der Waals surface area contributed by atoms with E-state index in [1.54, 1.807) is 0 Å². The first-order valence-electron chi connectivity index (χ1n) is 7.95. The zero-order valence-electron chi connectivity index (χ0n) is 13.8. The summed E-state index contributed by atoms with van der Waals surface area (Å²) in [7, 11) is -3.08. The van der Waals surface area contributed by atoms with Crippen molar-refractivity contribution >= 4 is 70.2 Å². The molecule has 1 amide bonds. The number of hydrogen-bond acceptors (Lipinski definition) is 4. The van der Waals surface area contributed by atoms with Crippen LogP contribution in [0.5, 0.6) is 0 Å². The van der Waals surface area contributed by atoms with Gasteiger partial charge in [0.1, 0.15) is 0 Å². The molecule has 2 heterocycles. The second-order valence-corrected chi connectivity index (χ2v) is 11.4. The number of amides is 1. The number of fused-ring (bicyclic) bond motifs is 1. The molecule has 5 nitrogen and oxygen atoms in total. The number of anilines is 1. The monoisotopic (exact) mass is 508 g/mol. The third-order valence-electron chi connectivity index (χ3n) is 4.15. The molecule has 0 aromatic heterocycles. The quantitative estimate of drug-likeness (QED) is 0.617. The molecular weight excluding hydrogens is 492 g/mol. The van der Waals surface area contributed by atoms with E-state index >= 15 is 0 Å². The molecule has 0 aliphatic carbocycles. The Morgan fingerprint density at radius 1 is 1.32 bits per heavy atom. The average Bonchev–Trinajstić information content (AvgIpc) is 2.91. The van der Waals surface area contributed by atoms with Gasteiger partial charge in [-0.15, -0.1) is 0 Å². The molecular formula is C16H18Br2N2O3S2. The fourth-order valence-electron chi connectivity index (χ4n) is 3.12. The molecule has 0 unspecified atom stereocenters. The standard InChI is InChI=1S/C16H18Br2N2O3S2/c1-3-4-14(21)19-16-20(12-7-25(22,23)8-13(12)24-16)15-10(17)5-9(2)6-11(15)18/h5-6,12-13H,3-4,7-8H2,1-2H3/t12-,13-/m0/s1. The number of aliphatic imine (C=N–C) groups is 1. The lowest BCUT2D eigenvalue weighted by molar-refractivity contribution is -0.117. The number of rotatable bonds is 3. The number of halogens is 2. The molecule has 0 spiro atoms. The van der Waals surface area contributed by atoms with E-state index in [4.69, 9.17) is 0 Å². The van der Waals surface area contributed by atoms with Gasteiger partial charge in [0.05, 0.1) is 23.2 Å². The van der Waals surface area contributed by atoms with Crippen molar-refractivity contribution in [1.82, 2.24) is 0 Å². The van der Waals surface area contributed by atoms with E-state index in [0.29, 0.717) is 11.6 Å². The van der Waals surface area contributed by atoms with Crippen LogP contribution < -0.4 is 4.90 Å². The van der Waals surface area contributed by atoms with E-state index < -0.39 is 9.84 Å². The van der Waals surface area contributed by atoms with Crippen LogP contribution in [0.2, 0.25) is 0 Å². The van der Waals surface area contributed by atoms with Crippen molar-refractivity contribution in [2.75, 3.05) is 16.4 Å². The largest absolute Gasteiger partial charge is 0.313 e. The Labute approximate surface area is 168 Å². The van der Waals surface area contributed by atoms with Crippen LogP contribution in [0.15, 0.2) is 26.1 Å². The number of hydrogen-bond donors (Lipinski definition) is 0. The molecule has 2 aliphatic heterocycles. The Kier molecular flexibility index (Phi) is 5.68. The van der Waals surface area contributed by atoms with Gasteiger partial charge in [0, 0.05) is 20.6 Å². The molecule has 1 aromatic carbocycles. The number of nitrogens with zero attached hydrogens (tertiary/aromatic N) is 2. The predicted molar refractivity (Wildman–Crippen MR) is 110 cm³/mol. The molecule has 2 aliphatic rings. The molecule has 2 fully saturated rings. The Morgan fingerprint density at radius 2 is 1.96 bits per heavy atom. The van der Waals surface area contributed by atoms with Gasteiger partial charge in [-0.2, -0.15) is 4.99 Å². The van der Waals surface area contributed by atoms with E-state index in [0.717, 1.165) is 26.6 Å². The number of sulfone groups is 1. The molecule has 136 valence electrons. The molecule has 2 saturated heterocycles. The molecule has 1 aromatic rings. The molecule has 0 N–H and O–H groups in total. The van der Waals surface area contributed by atoms with Crippen LogP contribution in [0, 0.1) is 6.92 Å². The van der Waals surface area contributed by atoms with Crippen molar-refractivity contribution in [3.8, 4) is 0 Å². The van der Waals surface area contributed by atoms with Crippen molar-refractivity contribution in [2.45, 2.75) is 38.0 Å². The summed E-state index contributed by atoms with van der Waals surface area (Å²) >= 11 is 8.57. The number of carbonyl (C=O) groups is 1. The first kappa shape index (κ1) is 19.4. The van der Waals surface area contributed by atoms with Crippen molar-refractivity contribution in [3.05, 3.63) is 26.6 Å². The van der Waals surface area contributed by atoms with Gasteiger partial charge in [-0.3, -0.25) is 4.79 Å². The third kappa shape index (κ3) is 3.99. The van der Waals surface area contributed by atoms with Crippen LogP contribution in [0.25, 0.3) is 0 Å². The number of thioether (sulfide) groups is 1. The van der Waals surface area contributed by atoms with E-state index in [-0.39, 0.29) is 28.7 Å². The fourth-order valence-corrected chi connectivity index (χ4v) is 8.84. The maximum absolute atomic E-state index is 12.1. The van der Waals surface area contributed by atoms with Crippen LogP contribution >= 0.6 is 43.6 Å². The Balaban J connectivity index is 2.09. The lowest BCUT2D eigenvalue weighted by Crippen LogP contribution is -2.38. The molecule has 2 atom stereocenters. The Hall–Kier alpha value is -0.380. The third-order valence-corrected chi connectivity index (χ3v) is 8.57. The minimum atomic E-state index is -3.08. The summed E-state index contributed by atoms with van der Waals surface area (Å²) in [5.74, 6) is 0.0384. The highest BCUT2D eigenvalue weighted by atomic mass is 79.9. The highest BCUT2D eigenvalue weighted by Gasteiger charge is 2.50. The van der Waals surface area contributed by atoms with Crippen molar-refractivity contribution in [3.63, 3.8) is 0 Å². The summed E-state index contributed by atoms with van der Waals surface area (Å²) in [4.78, 5) is 18.3. The van der Waals surface area contributed by atoms with Gasteiger partial charge in [0.25, 0.3) is 0 Å². The topological polar surface area (TPSA) is 66.8 Å². The number of aryl methyl sites for hydroxylation is 1. The van der Waals surface area contributed by atoms with Gasteiger partial charge in [0.2, 0.25) is 5.91 Å². The van der Waals surface area contributed by atoms with Gasteiger partial charge in [0.15, 0.2) is 15.0 Å². The fraction of sp³-hybridized carbons (Fsp3) is 0.500. The summed E-state index contributed by atoms with van der Waals surface area (Å²) in [6, 6.07) is 3.75. The number of benzene rings is 1. The second kappa shape index (κ2) is 7.32. The van der Waals surface area contributed by atoms with Gasteiger partial charge in [-0.1, -0.05) is 18.7 Å². The van der Waals surface area contributed by atoms with Gasteiger partial charge in [-0.25, -0.2) is 8.42 Å². The lowest BCUT2D eigenvalue weighted by Gasteiger charge is -2.27. The minimum Gasteiger partial charge on any atom is -0.313 e. The SMILES string of the molecule is CCCC(=O)N=C1S[C@H]2CS(=O)(=O)C[C@@H]2N1c1c(Br)cc(C)cc1Br. The molecule has 9 heteroatoms. The molecule has 0 bridgehead atoms. The van der Waals surface area contributed by atoms with Crippen molar-refractivity contribution in [2.24, 2.45) is 4.99 Å². The van der Waals surface area contributed by atoms with E-state index in [1.807, 2.05) is 30.9 Å². The normalized spacial score (nSPS) is 26.2. The number of amidine groups is 1. The van der Waals surface area contributed by atoms with Crippen LogP contribution in [-0.4, -0.2) is 42.3 Å². The van der Waals surface area contributed by atoms with E-state index in [2.05, 4.69) is 36.9 Å². The average molecular weight is 510 g/mol. The van der Waals surface area contributed by atoms with Gasteiger partial charge in [-0.05, 0) is 62.9 Å². The lowest BCUT2D eigenvalue weighted by atomic mass is 10.1. The van der Waals surface area contributed by atoms with Gasteiger partial charge < -0.3 is 4.90 Å². The highest BCUT2D eigenvalue weighted by molar-refractivity contribution is 9.11. The minimum absolute atomic E-state index is 0.0818. The smallest absolute Gasteiger partial charge is 0.248 e. The molecule has 3 rings (SSSR count). The maximum Gasteiger partial charge on any atom is 0.248 e. The maximum atomic E-state index is 12.1. The predicted octanol–water partition coefficient (Wildman–Crippen LogP) is 3.92. The summed E-state index contributed by atoms with van der Waals surface area (Å²) in [5, 5.41) is 0.492. The Bertz CT molecular complexity index is 832. The van der Waals surface area contributed by atoms with Gasteiger partial charge >= 0.3 is 0 Å². The van der Waals surface area contributed by atoms with Crippen LogP contribution in [0.1, 0.15) is 25.3 Å². The highest BCUT2D eigenvalue weighted by Crippen LogP contribution is 2.46. The zero-order chi connectivity index (χ0) is 18.4. The zero-order valence-corrected chi connectivity index (χ0v) is 18.6. The number of carbonyl (C=O) groups excluding carboxylic acids is 1. The summed E-state index contributed by atoms with van der Waals surface area (Å²) in [6.07, 6.45) is 1.13. The summed E-state index contributed by atoms with van der Waals surface area (Å²) < 4.78 is 25.9. The van der Waals surface area contributed by atoms with E-state index in [1.165, 1.54) is 11.8 Å². The molecule has 25 heavy (non-hydrogen) atoms. The van der Waals surface area contributed by atoms with Crippen LogP contribution in [0.3, 0.4) is 0 Å². The molecule has 0 saturated carbocycles. The Morgan fingerprint density at radius 3 is 2.56 bits per heavy atom. The van der Waals surface area contributed by atoms with Crippen LogP contribution in [0.4, 0.5) is 5.69 Å². The van der Waals surface area contributed by atoms with Crippen LogP contribution in [-0.2, 0) is 14.6 Å². The van der Waals surface area contributed by atoms with Crippen molar-refractivity contribution in [1.29, 1.82) is 0 Å². The summed E-state index contributed by atoms with van der Waals surface area (Å²) in [5.41, 5.74) is 1.90. The van der Waals surface area contributed by atoms with Crippen molar-refractivity contribution < 1.29 is 13.2 Å². The second-order valence-electron chi connectivity index (χ2n) is 6.29. The van der Waals surface area contributed by atoms with E-state index in [9.17, 15) is 13.2 Å².